The normalized spacial score (nSPS) is 14.1. The third-order valence-electron chi connectivity index (χ3n) is 4.23. The van der Waals surface area contributed by atoms with E-state index >= 15 is 0 Å². The monoisotopic (exact) mass is 354 g/mol. The fourth-order valence-corrected chi connectivity index (χ4v) is 4.07. The summed E-state index contributed by atoms with van der Waals surface area (Å²) in [6.45, 7) is 5.17. The minimum absolute atomic E-state index is 0.284. The molecule has 0 bridgehead atoms. The van der Waals surface area contributed by atoms with Crippen molar-refractivity contribution >= 4 is 27.5 Å². The Morgan fingerprint density at radius 3 is 2.68 bits per heavy atom. The maximum atomic E-state index is 12.6. The Balaban J connectivity index is 1.78. The van der Waals surface area contributed by atoms with Gasteiger partial charge in [-0.25, -0.2) is 0 Å². The van der Waals surface area contributed by atoms with Crippen LogP contribution in [0.15, 0.2) is 35.3 Å². The first-order valence-corrected chi connectivity index (χ1v) is 8.90. The number of carbonyl (C=O) groups is 1. The number of nitrogens with zero attached hydrogens (tertiary/aromatic N) is 2. The molecule has 2 aromatic carbocycles. The van der Waals surface area contributed by atoms with Gasteiger partial charge in [-0.3, -0.25) is 4.79 Å². The lowest BCUT2D eigenvalue weighted by atomic mass is 10.1. The number of aromatic nitrogens is 1. The molecule has 0 radical (unpaired) electrons. The summed E-state index contributed by atoms with van der Waals surface area (Å²) in [7, 11) is 1.94. The molecular weight excluding hydrogens is 336 g/mol. The van der Waals surface area contributed by atoms with Crippen molar-refractivity contribution in [3.63, 3.8) is 0 Å². The Morgan fingerprint density at radius 1 is 1.12 bits per heavy atom. The van der Waals surface area contributed by atoms with Gasteiger partial charge in [-0.1, -0.05) is 17.4 Å². The predicted octanol–water partition coefficient (Wildman–Crippen LogP) is 3.37. The van der Waals surface area contributed by atoms with Gasteiger partial charge >= 0.3 is 0 Å². The molecule has 25 heavy (non-hydrogen) atoms. The summed E-state index contributed by atoms with van der Waals surface area (Å²) in [5.41, 5.74) is 3.98. The molecule has 1 aromatic heterocycles. The smallest absolute Gasteiger partial charge is 0.279 e. The highest BCUT2D eigenvalue weighted by Crippen LogP contribution is 2.31. The number of hydrogen-bond acceptors (Lipinski definition) is 4. The highest BCUT2D eigenvalue weighted by molar-refractivity contribution is 7.16. The summed E-state index contributed by atoms with van der Waals surface area (Å²) in [6, 6.07) is 9.44. The van der Waals surface area contributed by atoms with Crippen molar-refractivity contribution in [2.24, 2.45) is 12.0 Å². The molecule has 1 aliphatic rings. The fraction of sp³-hybridized carbons (Fsp3) is 0.263. The highest BCUT2D eigenvalue weighted by atomic mass is 32.1. The molecule has 6 heteroatoms. The lowest BCUT2D eigenvalue weighted by Gasteiger charge is -2.18. The van der Waals surface area contributed by atoms with E-state index in [2.05, 4.69) is 31.0 Å². The summed E-state index contributed by atoms with van der Waals surface area (Å²) in [6.07, 6.45) is 0. The van der Waals surface area contributed by atoms with Gasteiger partial charge in [0.1, 0.15) is 13.2 Å². The van der Waals surface area contributed by atoms with E-state index in [1.165, 1.54) is 22.5 Å². The van der Waals surface area contributed by atoms with Crippen LogP contribution in [0.4, 0.5) is 0 Å². The standard InChI is InChI=1S/C19H18N2O3S/c1-11-8-12(2)17-14(9-11)21(3)19(25-17)20-18(22)13-4-5-15-16(10-13)24-7-6-23-15/h4-5,8-10H,6-7H2,1-3H3. The van der Waals surface area contributed by atoms with E-state index in [9.17, 15) is 4.79 Å². The van der Waals surface area contributed by atoms with Gasteiger partial charge in [-0.2, -0.15) is 4.99 Å². The molecule has 0 N–H and O–H groups in total. The van der Waals surface area contributed by atoms with Crippen LogP contribution in [0.1, 0.15) is 21.5 Å². The number of fused-ring (bicyclic) bond motifs is 2. The summed E-state index contributed by atoms with van der Waals surface area (Å²) in [5, 5.41) is 0. The average molecular weight is 354 g/mol. The van der Waals surface area contributed by atoms with E-state index in [1.807, 2.05) is 11.6 Å². The highest BCUT2D eigenvalue weighted by Gasteiger charge is 2.15. The Labute approximate surface area is 149 Å². The molecule has 1 amide bonds. The van der Waals surface area contributed by atoms with Gasteiger partial charge in [-0.15, -0.1) is 0 Å². The van der Waals surface area contributed by atoms with E-state index in [4.69, 9.17) is 9.47 Å². The number of thiazole rings is 1. The van der Waals surface area contributed by atoms with Crippen molar-refractivity contribution in [3.05, 3.63) is 51.8 Å². The molecule has 0 atom stereocenters. The Hall–Kier alpha value is -2.60. The van der Waals surface area contributed by atoms with Gasteiger partial charge in [-0.05, 0) is 49.2 Å². The minimum Gasteiger partial charge on any atom is -0.486 e. The maximum Gasteiger partial charge on any atom is 0.279 e. The fourth-order valence-electron chi connectivity index (χ4n) is 3.00. The topological polar surface area (TPSA) is 52.8 Å². The number of carbonyl (C=O) groups excluding carboxylic acids is 1. The van der Waals surface area contributed by atoms with E-state index in [-0.39, 0.29) is 5.91 Å². The molecule has 5 nitrogen and oxygen atoms in total. The summed E-state index contributed by atoms with van der Waals surface area (Å²) >= 11 is 1.53. The molecule has 4 rings (SSSR count). The Bertz CT molecular complexity index is 1060. The molecule has 2 heterocycles. The van der Waals surface area contributed by atoms with Crippen LogP contribution in [0.2, 0.25) is 0 Å². The molecule has 0 unspecified atom stereocenters. The third-order valence-corrected chi connectivity index (χ3v) is 5.51. The quantitative estimate of drug-likeness (QED) is 0.673. The Kier molecular flexibility index (Phi) is 3.84. The molecular formula is C19H18N2O3S. The van der Waals surface area contributed by atoms with Gasteiger partial charge < -0.3 is 14.0 Å². The van der Waals surface area contributed by atoms with Gasteiger partial charge in [0.15, 0.2) is 16.3 Å². The van der Waals surface area contributed by atoms with Crippen LogP contribution in [-0.4, -0.2) is 23.7 Å². The van der Waals surface area contributed by atoms with Crippen molar-refractivity contribution in [1.82, 2.24) is 4.57 Å². The van der Waals surface area contributed by atoms with Crippen LogP contribution in [0.5, 0.6) is 11.5 Å². The van der Waals surface area contributed by atoms with Gasteiger partial charge in [0, 0.05) is 12.6 Å². The number of amides is 1. The summed E-state index contributed by atoms with van der Waals surface area (Å²) in [5.74, 6) is 0.981. The van der Waals surface area contributed by atoms with Crippen LogP contribution >= 0.6 is 11.3 Å². The lowest BCUT2D eigenvalue weighted by Crippen LogP contribution is -2.16. The second-order valence-corrected chi connectivity index (χ2v) is 7.13. The predicted molar refractivity (Wildman–Crippen MR) is 97.6 cm³/mol. The Morgan fingerprint density at radius 2 is 1.88 bits per heavy atom. The first-order valence-electron chi connectivity index (χ1n) is 8.08. The maximum absolute atomic E-state index is 12.6. The molecule has 0 saturated heterocycles. The van der Waals surface area contributed by atoms with Crippen molar-refractivity contribution < 1.29 is 14.3 Å². The second-order valence-electron chi connectivity index (χ2n) is 6.15. The second kappa shape index (κ2) is 6.04. The van der Waals surface area contributed by atoms with Crippen LogP contribution < -0.4 is 14.3 Å². The van der Waals surface area contributed by atoms with E-state index in [0.29, 0.717) is 35.1 Å². The van der Waals surface area contributed by atoms with Gasteiger partial charge in [0.05, 0.1) is 10.2 Å². The van der Waals surface area contributed by atoms with Gasteiger partial charge in [0.25, 0.3) is 5.91 Å². The van der Waals surface area contributed by atoms with Gasteiger partial charge in [0.2, 0.25) is 0 Å². The zero-order chi connectivity index (χ0) is 17.6. The SMILES string of the molecule is Cc1cc(C)c2sc(=NC(=O)c3ccc4c(c3)OCCO4)n(C)c2c1. The van der Waals surface area contributed by atoms with E-state index in [1.54, 1.807) is 18.2 Å². The zero-order valence-corrected chi connectivity index (χ0v) is 15.1. The van der Waals surface area contributed by atoms with Crippen LogP contribution in [-0.2, 0) is 7.05 Å². The largest absolute Gasteiger partial charge is 0.486 e. The lowest BCUT2D eigenvalue weighted by molar-refractivity contribution is 0.0996. The number of rotatable bonds is 1. The first kappa shape index (κ1) is 15.9. The minimum atomic E-state index is -0.284. The number of benzene rings is 2. The molecule has 0 saturated carbocycles. The molecule has 0 fully saturated rings. The summed E-state index contributed by atoms with van der Waals surface area (Å²) in [4.78, 5) is 17.6. The number of aryl methyl sites for hydroxylation is 3. The van der Waals surface area contributed by atoms with Crippen LogP contribution in [0.25, 0.3) is 10.2 Å². The van der Waals surface area contributed by atoms with Crippen LogP contribution in [0.3, 0.4) is 0 Å². The third kappa shape index (κ3) is 2.82. The first-order chi connectivity index (χ1) is 12.0. The van der Waals surface area contributed by atoms with E-state index in [0.717, 1.165) is 10.2 Å². The van der Waals surface area contributed by atoms with Crippen molar-refractivity contribution in [3.8, 4) is 11.5 Å². The number of hydrogen-bond donors (Lipinski definition) is 0. The molecule has 0 spiro atoms. The van der Waals surface area contributed by atoms with E-state index < -0.39 is 0 Å². The summed E-state index contributed by atoms with van der Waals surface area (Å²) < 4.78 is 14.2. The molecule has 0 aliphatic carbocycles. The van der Waals surface area contributed by atoms with Crippen LogP contribution in [0, 0.1) is 13.8 Å². The number of ether oxygens (including phenoxy) is 2. The van der Waals surface area contributed by atoms with Crippen molar-refractivity contribution in [2.75, 3.05) is 13.2 Å². The molecule has 1 aliphatic heterocycles. The van der Waals surface area contributed by atoms with Crippen molar-refractivity contribution in [2.45, 2.75) is 13.8 Å². The average Bonchev–Trinajstić information content (AvgIpc) is 2.91. The zero-order valence-electron chi connectivity index (χ0n) is 14.3. The molecule has 3 aromatic rings. The molecule has 128 valence electrons. The van der Waals surface area contributed by atoms with Crippen molar-refractivity contribution in [1.29, 1.82) is 0 Å².